The first-order valence-electron chi connectivity index (χ1n) is 6.24. The minimum Gasteiger partial charge on any atom is -0.296 e. The van der Waals surface area contributed by atoms with E-state index in [1.165, 1.54) is 37.8 Å². The van der Waals surface area contributed by atoms with Crippen LogP contribution in [0.4, 0.5) is 0 Å². The molecule has 1 aromatic rings. The first kappa shape index (κ1) is 12.1. The predicted molar refractivity (Wildman–Crippen MR) is 72.9 cm³/mol. The number of alkyl halides is 1. The standard InChI is InChI=1S/C14H20BrN/c15-10-5-11-16(14-8-4-9-14)12-13-6-2-1-3-7-13/h1-3,6-7,14H,4-5,8-12H2. The summed E-state index contributed by atoms with van der Waals surface area (Å²) in [6, 6.07) is 11.7. The summed E-state index contributed by atoms with van der Waals surface area (Å²) in [6.45, 7) is 2.35. The maximum atomic E-state index is 3.53. The van der Waals surface area contributed by atoms with Gasteiger partial charge in [0.1, 0.15) is 0 Å². The lowest BCUT2D eigenvalue weighted by atomic mass is 9.91. The Labute approximate surface area is 107 Å². The third kappa shape index (κ3) is 3.33. The van der Waals surface area contributed by atoms with E-state index in [0.29, 0.717) is 0 Å². The summed E-state index contributed by atoms with van der Waals surface area (Å²) in [5, 5.41) is 1.12. The van der Waals surface area contributed by atoms with Crippen LogP contribution in [-0.4, -0.2) is 22.8 Å². The number of nitrogens with zero attached hydrogens (tertiary/aromatic N) is 1. The summed E-state index contributed by atoms with van der Waals surface area (Å²) in [6.07, 6.45) is 5.47. The normalized spacial score (nSPS) is 16.4. The first-order valence-corrected chi connectivity index (χ1v) is 7.36. The SMILES string of the molecule is BrCCCN(Cc1ccccc1)C1CCC1. The molecule has 2 rings (SSSR count). The summed E-state index contributed by atoms with van der Waals surface area (Å²) >= 11 is 3.53. The second kappa shape index (κ2) is 6.41. The largest absolute Gasteiger partial charge is 0.296 e. The molecule has 0 aromatic heterocycles. The minimum atomic E-state index is 0.847. The van der Waals surface area contributed by atoms with E-state index in [2.05, 4.69) is 51.2 Å². The van der Waals surface area contributed by atoms with Gasteiger partial charge in [0.25, 0.3) is 0 Å². The van der Waals surface area contributed by atoms with Crippen molar-refractivity contribution in [2.24, 2.45) is 0 Å². The molecule has 0 bridgehead atoms. The zero-order chi connectivity index (χ0) is 11.2. The van der Waals surface area contributed by atoms with Crippen molar-refractivity contribution >= 4 is 15.9 Å². The molecule has 0 atom stereocenters. The van der Waals surface area contributed by atoms with Crippen molar-refractivity contribution < 1.29 is 0 Å². The van der Waals surface area contributed by atoms with Gasteiger partial charge >= 0.3 is 0 Å². The molecule has 1 nitrogen and oxygen atoms in total. The van der Waals surface area contributed by atoms with Gasteiger partial charge in [-0.25, -0.2) is 0 Å². The van der Waals surface area contributed by atoms with E-state index in [4.69, 9.17) is 0 Å². The van der Waals surface area contributed by atoms with Gasteiger partial charge in [-0.1, -0.05) is 52.7 Å². The number of rotatable bonds is 6. The molecular formula is C14H20BrN. The predicted octanol–water partition coefficient (Wildman–Crippen LogP) is 3.83. The maximum absolute atomic E-state index is 3.53. The van der Waals surface area contributed by atoms with Crippen molar-refractivity contribution in [1.82, 2.24) is 4.90 Å². The summed E-state index contributed by atoms with van der Waals surface area (Å²) in [5.41, 5.74) is 1.45. The molecule has 0 unspecified atom stereocenters. The Bertz CT molecular complexity index is 295. The average Bonchev–Trinajstić information content (AvgIpc) is 2.25. The van der Waals surface area contributed by atoms with Gasteiger partial charge in [-0.05, 0) is 31.4 Å². The summed E-state index contributed by atoms with van der Waals surface area (Å²) in [4.78, 5) is 2.65. The van der Waals surface area contributed by atoms with E-state index in [9.17, 15) is 0 Å². The lowest BCUT2D eigenvalue weighted by molar-refractivity contribution is 0.120. The van der Waals surface area contributed by atoms with Gasteiger partial charge in [0.05, 0.1) is 0 Å². The molecule has 2 heteroatoms. The van der Waals surface area contributed by atoms with Crippen molar-refractivity contribution in [3.63, 3.8) is 0 Å². The Kier molecular flexibility index (Phi) is 4.86. The van der Waals surface area contributed by atoms with Crippen LogP contribution in [0, 0.1) is 0 Å². The van der Waals surface area contributed by atoms with Crippen molar-refractivity contribution in [1.29, 1.82) is 0 Å². The molecule has 1 aromatic carbocycles. The van der Waals surface area contributed by atoms with Crippen LogP contribution in [0.25, 0.3) is 0 Å². The molecule has 0 saturated heterocycles. The van der Waals surface area contributed by atoms with Gasteiger partial charge in [0.15, 0.2) is 0 Å². The van der Waals surface area contributed by atoms with Crippen LogP contribution >= 0.6 is 15.9 Å². The molecule has 0 N–H and O–H groups in total. The van der Waals surface area contributed by atoms with Gasteiger partial charge in [-0.3, -0.25) is 4.90 Å². The lowest BCUT2D eigenvalue weighted by Crippen LogP contribution is -2.40. The quantitative estimate of drug-likeness (QED) is 0.717. The molecule has 88 valence electrons. The van der Waals surface area contributed by atoms with Gasteiger partial charge in [-0.15, -0.1) is 0 Å². The minimum absolute atomic E-state index is 0.847. The molecule has 1 saturated carbocycles. The molecule has 1 fully saturated rings. The molecule has 0 spiro atoms. The van der Waals surface area contributed by atoms with Crippen LogP contribution in [0.3, 0.4) is 0 Å². The third-order valence-corrected chi connectivity index (χ3v) is 3.96. The summed E-state index contributed by atoms with van der Waals surface area (Å²) < 4.78 is 0. The highest BCUT2D eigenvalue weighted by Crippen LogP contribution is 2.26. The molecule has 0 radical (unpaired) electrons. The number of benzene rings is 1. The summed E-state index contributed by atoms with van der Waals surface area (Å²) in [5.74, 6) is 0. The second-order valence-electron chi connectivity index (χ2n) is 4.58. The molecular weight excluding hydrogens is 262 g/mol. The molecule has 16 heavy (non-hydrogen) atoms. The van der Waals surface area contributed by atoms with E-state index in [1.54, 1.807) is 0 Å². The zero-order valence-electron chi connectivity index (χ0n) is 9.74. The highest BCUT2D eigenvalue weighted by molar-refractivity contribution is 9.09. The van der Waals surface area contributed by atoms with Crippen LogP contribution in [0.15, 0.2) is 30.3 Å². The van der Waals surface area contributed by atoms with Crippen LogP contribution in [0.5, 0.6) is 0 Å². The fraction of sp³-hybridized carbons (Fsp3) is 0.571. The molecule has 1 aliphatic carbocycles. The molecule has 0 amide bonds. The Hall–Kier alpha value is -0.340. The van der Waals surface area contributed by atoms with E-state index < -0.39 is 0 Å². The zero-order valence-corrected chi connectivity index (χ0v) is 11.3. The third-order valence-electron chi connectivity index (χ3n) is 3.40. The van der Waals surface area contributed by atoms with Gasteiger partial charge in [-0.2, -0.15) is 0 Å². The van der Waals surface area contributed by atoms with Crippen LogP contribution in [0.2, 0.25) is 0 Å². The number of halogens is 1. The van der Waals surface area contributed by atoms with Gasteiger partial charge in [0.2, 0.25) is 0 Å². The lowest BCUT2D eigenvalue weighted by Gasteiger charge is -2.37. The number of hydrogen-bond donors (Lipinski definition) is 0. The van der Waals surface area contributed by atoms with Crippen molar-refractivity contribution in [3.05, 3.63) is 35.9 Å². The average molecular weight is 282 g/mol. The highest BCUT2D eigenvalue weighted by Gasteiger charge is 2.24. The van der Waals surface area contributed by atoms with E-state index in [-0.39, 0.29) is 0 Å². The number of hydrogen-bond acceptors (Lipinski definition) is 1. The Morgan fingerprint density at radius 3 is 2.50 bits per heavy atom. The van der Waals surface area contributed by atoms with Crippen molar-refractivity contribution in [3.8, 4) is 0 Å². The Morgan fingerprint density at radius 2 is 1.94 bits per heavy atom. The van der Waals surface area contributed by atoms with Crippen molar-refractivity contribution in [2.45, 2.75) is 38.3 Å². The fourth-order valence-corrected chi connectivity index (χ4v) is 2.47. The smallest absolute Gasteiger partial charge is 0.0236 e. The first-order chi connectivity index (χ1) is 7.90. The Balaban J connectivity index is 1.90. The maximum Gasteiger partial charge on any atom is 0.0236 e. The summed E-state index contributed by atoms with van der Waals surface area (Å²) in [7, 11) is 0. The second-order valence-corrected chi connectivity index (χ2v) is 5.38. The van der Waals surface area contributed by atoms with Crippen molar-refractivity contribution in [2.75, 3.05) is 11.9 Å². The molecule has 0 aliphatic heterocycles. The van der Waals surface area contributed by atoms with E-state index in [1.807, 2.05) is 0 Å². The van der Waals surface area contributed by atoms with E-state index >= 15 is 0 Å². The van der Waals surface area contributed by atoms with Gasteiger partial charge < -0.3 is 0 Å². The Morgan fingerprint density at radius 1 is 1.19 bits per heavy atom. The topological polar surface area (TPSA) is 3.24 Å². The van der Waals surface area contributed by atoms with Crippen LogP contribution < -0.4 is 0 Å². The molecule has 0 heterocycles. The monoisotopic (exact) mass is 281 g/mol. The molecule has 1 aliphatic rings. The fourth-order valence-electron chi connectivity index (χ4n) is 2.22. The van der Waals surface area contributed by atoms with E-state index in [0.717, 1.165) is 17.9 Å². The van der Waals surface area contributed by atoms with Gasteiger partial charge in [0, 0.05) is 17.9 Å². The van der Waals surface area contributed by atoms with Crippen LogP contribution in [-0.2, 0) is 6.54 Å². The highest BCUT2D eigenvalue weighted by atomic mass is 79.9. The van der Waals surface area contributed by atoms with Crippen LogP contribution in [0.1, 0.15) is 31.2 Å².